The zero-order valence-electron chi connectivity index (χ0n) is 19.1. The van der Waals surface area contributed by atoms with Crippen LogP contribution in [-0.4, -0.2) is 44.6 Å². The lowest BCUT2D eigenvalue weighted by atomic mass is 10.2. The first-order valence-electron chi connectivity index (χ1n) is 11.1. The molecule has 2 heterocycles. The van der Waals surface area contributed by atoms with Gasteiger partial charge in [0.15, 0.2) is 11.0 Å². The molecule has 2 aromatic carbocycles. The first kappa shape index (κ1) is 23.7. The molecule has 174 valence electrons. The van der Waals surface area contributed by atoms with Crippen molar-refractivity contribution in [3.8, 4) is 17.1 Å². The normalized spacial score (nSPS) is 10.9. The van der Waals surface area contributed by atoms with Crippen molar-refractivity contribution >= 4 is 17.7 Å². The Kier molecular flexibility index (Phi) is 8.43. The van der Waals surface area contributed by atoms with Crippen LogP contribution in [0.1, 0.15) is 17.5 Å². The van der Waals surface area contributed by atoms with Gasteiger partial charge in [0.2, 0.25) is 5.91 Å². The molecule has 7 nitrogen and oxygen atoms in total. The van der Waals surface area contributed by atoms with Gasteiger partial charge in [-0.05, 0) is 43.2 Å². The van der Waals surface area contributed by atoms with E-state index in [0.717, 1.165) is 23.2 Å². The van der Waals surface area contributed by atoms with Gasteiger partial charge in [-0.1, -0.05) is 59.8 Å². The molecule has 0 atom stereocenters. The second-order valence-corrected chi connectivity index (χ2v) is 8.69. The molecule has 0 spiro atoms. The van der Waals surface area contributed by atoms with Crippen LogP contribution in [0.4, 0.5) is 0 Å². The highest BCUT2D eigenvalue weighted by molar-refractivity contribution is 7.99. The van der Waals surface area contributed by atoms with Crippen molar-refractivity contribution in [2.45, 2.75) is 25.1 Å². The number of benzene rings is 2. The van der Waals surface area contributed by atoms with Crippen molar-refractivity contribution in [1.29, 1.82) is 0 Å². The number of thioether (sulfide) groups is 1. The molecular formula is C26H27N5O2S. The van der Waals surface area contributed by atoms with Gasteiger partial charge < -0.3 is 10.1 Å². The first-order valence-corrected chi connectivity index (χ1v) is 12.1. The molecule has 0 aliphatic rings. The Balaban J connectivity index is 1.31. The summed E-state index contributed by atoms with van der Waals surface area (Å²) < 4.78 is 7.64. The van der Waals surface area contributed by atoms with E-state index in [1.807, 2.05) is 78.2 Å². The Hall–Kier alpha value is -3.49. The summed E-state index contributed by atoms with van der Waals surface area (Å²) in [5, 5.41) is 12.4. The summed E-state index contributed by atoms with van der Waals surface area (Å²) in [6.07, 6.45) is 4.22. The Morgan fingerprint density at radius 1 is 1.00 bits per heavy atom. The van der Waals surface area contributed by atoms with Crippen molar-refractivity contribution in [3.05, 3.63) is 90.3 Å². The molecule has 0 radical (unpaired) electrons. The fourth-order valence-corrected chi connectivity index (χ4v) is 4.11. The largest absolute Gasteiger partial charge is 0.377 e. The quantitative estimate of drug-likeness (QED) is 0.256. The molecule has 0 saturated carbocycles. The van der Waals surface area contributed by atoms with Crippen LogP contribution in [0.15, 0.2) is 84.3 Å². The van der Waals surface area contributed by atoms with E-state index in [2.05, 4.69) is 20.5 Å². The molecule has 2 aromatic heterocycles. The maximum Gasteiger partial charge on any atom is 0.230 e. The summed E-state index contributed by atoms with van der Waals surface area (Å²) in [5.74, 6) is 0.923. The average molecular weight is 474 g/mol. The molecule has 0 bridgehead atoms. The van der Waals surface area contributed by atoms with E-state index in [0.29, 0.717) is 30.7 Å². The highest BCUT2D eigenvalue weighted by atomic mass is 32.2. The van der Waals surface area contributed by atoms with E-state index < -0.39 is 0 Å². The zero-order chi connectivity index (χ0) is 23.6. The second kappa shape index (κ2) is 12.1. The zero-order valence-corrected chi connectivity index (χ0v) is 19.9. The van der Waals surface area contributed by atoms with Gasteiger partial charge in [0, 0.05) is 36.8 Å². The van der Waals surface area contributed by atoms with Crippen molar-refractivity contribution in [3.63, 3.8) is 0 Å². The molecule has 0 aliphatic heterocycles. The number of aromatic nitrogens is 4. The Labute approximate surface area is 203 Å². The van der Waals surface area contributed by atoms with Gasteiger partial charge in [0.1, 0.15) is 0 Å². The summed E-state index contributed by atoms with van der Waals surface area (Å²) in [6.45, 7) is 3.80. The van der Waals surface area contributed by atoms with E-state index in [1.54, 1.807) is 12.4 Å². The third-order valence-corrected chi connectivity index (χ3v) is 6.02. The lowest BCUT2D eigenvalue weighted by Crippen LogP contribution is -2.27. The SMILES string of the molecule is Cc1ccc(-n2c(SCC(=O)NCCCOCc3ccccc3)nnc2-c2ccncc2)cc1. The number of ether oxygens (including phenoxy) is 1. The van der Waals surface area contributed by atoms with Crippen LogP contribution in [0.2, 0.25) is 0 Å². The average Bonchev–Trinajstić information content (AvgIpc) is 3.30. The van der Waals surface area contributed by atoms with E-state index >= 15 is 0 Å². The molecule has 0 aliphatic carbocycles. The topological polar surface area (TPSA) is 81.9 Å². The minimum Gasteiger partial charge on any atom is -0.377 e. The molecular weight excluding hydrogens is 446 g/mol. The number of rotatable bonds is 11. The number of carbonyl (C=O) groups excluding carboxylic acids is 1. The highest BCUT2D eigenvalue weighted by Gasteiger charge is 2.17. The molecule has 4 aromatic rings. The van der Waals surface area contributed by atoms with Crippen LogP contribution in [-0.2, 0) is 16.1 Å². The van der Waals surface area contributed by atoms with E-state index in [-0.39, 0.29) is 11.7 Å². The summed E-state index contributed by atoms with van der Waals surface area (Å²) in [6, 6.07) is 22.0. The van der Waals surface area contributed by atoms with Crippen LogP contribution in [0, 0.1) is 6.92 Å². The molecule has 0 saturated heterocycles. The summed E-state index contributed by atoms with van der Waals surface area (Å²) in [5.41, 5.74) is 4.17. The van der Waals surface area contributed by atoms with Crippen LogP contribution in [0.3, 0.4) is 0 Å². The smallest absolute Gasteiger partial charge is 0.230 e. The van der Waals surface area contributed by atoms with Gasteiger partial charge in [0.05, 0.1) is 12.4 Å². The fraction of sp³-hybridized carbons (Fsp3) is 0.231. The van der Waals surface area contributed by atoms with E-state index in [9.17, 15) is 4.79 Å². The number of amides is 1. The summed E-state index contributed by atoms with van der Waals surface area (Å²) >= 11 is 1.37. The number of carbonyl (C=O) groups is 1. The molecule has 34 heavy (non-hydrogen) atoms. The summed E-state index contributed by atoms with van der Waals surface area (Å²) in [7, 11) is 0. The number of hydrogen-bond acceptors (Lipinski definition) is 6. The van der Waals surface area contributed by atoms with Crippen molar-refractivity contribution in [2.24, 2.45) is 0 Å². The first-order chi connectivity index (χ1) is 16.7. The lowest BCUT2D eigenvalue weighted by Gasteiger charge is -2.11. The van der Waals surface area contributed by atoms with Gasteiger partial charge in [-0.3, -0.25) is 14.3 Å². The highest BCUT2D eigenvalue weighted by Crippen LogP contribution is 2.27. The lowest BCUT2D eigenvalue weighted by molar-refractivity contribution is -0.118. The monoisotopic (exact) mass is 473 g/mol. The van der Waals surface area contributed by atoms with Crippen molar-refractivity contribution < 1.29 is 9.53 Å². The minimum absolute atomic E-state index is 0.0445. The molecule has 1 amide bonds. The van der Waals surface area contributed by atoms with E-state index in [1.165, 1.54) is 17.3 Å². The van der Waals surface area contributed by atoms with Gasteiger partial charge in [-0.15, -0.1) is 10.2 Å². The Bertz CT molecular complexity index is 1180. The maximum atomic E-state index is 12.4. The maximum absolute atomic E-state index is 12.4. The van der Waals surface area contributed by atoms with Crippen LogP contribution >= 0.6 is 11.8 Å². The molecule has 0 unspecified atom stereocenters. The fourth-order valence-electron chi connectivity index (χ4n) is 3.33. The van der Waals surface area contributed by atoms with Crippen LogP contribution in [0.5, 0.6) is 0 Å². The number of nitrogens with zero attached hydrogens (tertiary/aromatic N) is 4. The Morgan fingerprint density at radius 2 is 1.76 bits per heavy atom. The van der Waals surface area contributed by atoms with Crippen molar-refractivity contribution in [1.82, 2.24) is 25.1 Å². The third kappa shape index (κ3) is 6.52. The molecule has 1 N–H and O–H groups in total. The number of hydrogen-bond donors (Lipinski definition) is 1. The van der Waals surface area contributed by atoms with Gasteiger partial charge >= 0.3 is 0 Å². The number of pyridine rings is 1. The van der Waals surface area contributed by atoms with E-state index in [4.69, 9.17) is 4.74 Å². The van der Waals surface area contributed by atoms with Gasteiger partial charge in [0.25, 0.3) is 0 Å². The van der Waals surface area contributed by atoms with Gasteiger partial charge in [-0.2, -0.15) is 0 Å². The minimum atomic E-state index is -0.0445. The standard InChI is InChI=1S/C26H27N5O2S/c1-20-8-10-23(11-9-20)31-25(22-12-15-27-16-13-22)29-30-26(31)34-19-24(32)28-14-5-17-33-18-21-6-3-2-4-7-21/h2-4,6-13,15-16H,5,14,17-19H2,1H3,(H,28,32). The van der Waals surface area contributed by atoms with Crippen molar-refractivity contribution in [2.75, 3.05) is 18.9 Å². The third-order valence-electron chi connectivity index (χ3n) is 5.10. The molecule has 8 heteroatoms. The summed E-state index contributed by atoms with van der Waals surface area (Å²) in [4.78, 5) is 16.5. The molecule has 4 rings (SSSR count). The second-order valence-electron chi connectivity index (χ2n) is 7.74. The number of aryl methyl sites for hydroxylation is 1. The predicted octanol–water partition coefficient (Wildman–Crippen LogP) is 4.45. The number of nitrogens with one attached hydrogen (secondary N) is 1. The molecule has 0 fully saturated rings. The van der Waals surface area contributed by atoms with Crippen LogP contribution < -0.4 is 5.32 Å². The van der Waals surface area contributed by atoms with Gasteiger partial charge in [-0.25, -0.2) is 0 Å². The van der Waals surface area contributed by atoms with Crippen LogP contribution in [0.25, 0.3) is 17.1 Å². The Morgan fingerprint density at radius 3 is 2.53 bits per heavy atom. The predicted molar refractivity (Wildman–Crippen MR) is 134 cm³/mol.